The maximum atomic E-state index is 11.6. The van der Waals surface area contributed by atoms with Gasteiger partial charge in [0.25, 0.3) is 0 Å². The third kappa shape index (κ3) is 17.0. The highest BCUT2D eigenvalue weighted by molar-refractivity contribution is 8.03. The Morgan fingerprint density at radius 3 is 1.07 bits per heavy atom. The molecule has 0 saturated heterocycles. The molecule has 0 aromatic heterocycles. The molecule has 0 amide bonds. The van der Waals surface area contributed by atoms with E-state index in [2.05, 4.69) is 0 Å². The van der Waals surface area contributed by atoms with Crippen molar-refractivity contribution in [3.05, 3.63) is 0 Å². The molecule has 2 atom stereocenters. The first-order chi connectivity index (χ1) is 14.3. The van der Waals surface area contributed by atoms with Crippen molar-refractivity contribution in [2.24, 2.45) is 11.8 Å². The van der Waals surface area contributed by atoms with Crippen LogP contribution in [0.25, 0.3) is 0 Å². The third-order valence-electron chi connectivity index (χ3n) is 3.93. The van der Waals surface area contributed by atoms with E-state index >= 15 is 0 Å². The van der Waals surface area contributed by atoms with Gasteiger partial charge in [-0.05, 0) is 24.3 Å². The van der Waals surface area contributed by atoms with Gasteiger partial charge < -0.3 is 20.4 Å². The number of carbonyl (C=O) groups is 4. The van der Waals surface area contributed by atoms with Gasteiger partial charge >= 0.3 is 23.9 Å². The Kier molecular flexibility index (Phi) is 18.5. The molecule has 0 rings (SSSR count). The van der Waals surface area contributed by atoms with Crippen molar-refractivity contribution >= 4 is 70.9 Å². The summed E-state index contributed by atoms with van der Waals surface area (Å²) in [6.45, 7) is 0. The molecule has 0 aromatic carbocycles. The van der Waals surface area contributed by atoms with E-state index in [-0.39, 0.29) is 25.7 Å². The van der Waals surface area contributed by atoms with Crippen LogP contribution in [0.4, 0.5) is 0 Å². The summed E-state index contributed by atoms with van der Waals surface area (Å²) in [6, 6.07) is 0. The highest BCUT2D eigenvalue weighted by atomic mass is 32.2. The van der Waals surface area contributed by atoms with E-state index in [0.29, 0.717) is 23.0 Å². The van der Waals surface area contributed by atoms with Gasteiger partial charge in [0.15, 0.2) is 0 Å². The van der Waals surface area contributed by atoms with E-state index in [4.69, 9.17) is 10.2 Å². The van der Waals surface area contributed by atoms with Crippen molar-refractivity contribution in [1.82, 2.24) is 0 Å². The van der Waals surface area contributed by atoms with Crippen LogP contribution in [0, 0.1) is 11.8 Å². The molecule has 174 valence electrons. The second-order valence-electron chi connectivity index (χ2n) is 6.20. The lowest BCUT2D eigenvalue weighted by Crippen LogP contribution is -2.31. The van der Waals surface area contributed by atoms with Gasteiger partial charge in [-0.2, -0.15) is 47.0 Å². The van der Waals surface area contributed by atoms with Gasteiger partial charge in [-0.3, -0.25) is 19.2 Å². The minimum Gasteiger partial charge on any atom is -0.481 e. The quantitative estimate of drug-likeness (QED) is 0.171. The summed E-state index contributed by atoms with van der Waals surface area (Å²) < 4.78 is 0. The zero-order valence-electron chi connectivity index (χ0n) is 16.7. The van der Waals surface area contributed by atoms with Crippen LogP contribution in [0.3, 0.4) is 0 Å². The number of thioether (sulfide) groups is 4. The van der Waals surface area contributed by atoms with Gasteiger partial charge in [0.05, 0.1) is 24.7 Å². The molecule has 0 fully saturated rings. The van der Waals surface area contributed by atoms with E-state index in [0.717, 1.165) is 23.0 Å². The Bertz CT molecular complexity index is 486. The number of hydrogen-bond acceptors (Lipinski definition) is 8. The van der Waals surface area contributed by atoms with Crippen molar-refractivity contribution in [3.63, 3.8) is 0 Å². The number of carboxylic acid groups (broad SMARTS) is 4. The number of carboxylic acids is 4. The smallest absolute Gasteiger partial charge is 0.307 e. The Morgan fingerprint density at radius 2 is 0.800 bits per heavy atom. The molecular formula is C18H30O8S4. The van der Waals surface area contributed by atoms with E-state index in [1.54, 1.807) is 23.5 Å². The van der Waals surface area contributed by atoms with Crippen molar-refractivity contribution < 1.29 is 39.6 Å². The van der Waals surface area contributed by atoms with Crippen LogP contribution in [0.5, 0.6) is 0 Å². The Morgan fingerprint density at radius 1 is 0.500 bits per heavy atom. The highest BCUT2D eigenvalue weighted by Gasteiger charge is 2.32. The number of aliphatic carboxylic acids is 4. The van der Waals surface area contributed by atoms with Gasteiger partial charge in [-0.15, -0.1) is 0 Å². The van der Waals surface area contributed by atoms with Crippen molar-refractivity contribution in [1.29, 1.82) is 0 Å². The second kappa shape index (κ2) is 19.0. The van der Waals surface area contributed by atoms with Gasteiger partial charge in [-0.25, -0.2) is 0 Å². The van der Waals surface area contributed by atoms with E-state index in [1.807, 2.05) is 0 Å². The molecule has 0 saturated carbocycles. The van der Waals surface area contributed by atoms with Gasteiger partial charge in [0.1, 0.15) is 0 Å². The Labute approximate surface area is 193 Å². The van der Waals surface area contributed by atoms with Crippen LogP contribution in [0.15, 0.2) is 0 Å². The molecule has 0 aromatic rings. The standard InChI is InChI=1S/C18H30O8S4/c19-15(20)3-7-29-11-9-27-5-1-13(17(23)24)14(18(25)26)2-6-28-10-12-30-8-4-16(21)22/h13-14H,1-12H2,(H,19,20)(H,21,22)(H,23,24)(H,25,26). The lowest BCUT2D eigenvalue weighted by molar-refractivity contribution is -0.153. The first kappa shape index (κ1) is 29.3. The zero-order chi connectivity index (χ0) is 22.8. The maximum Gasteiger partial charge on any atom is 0.307 e. The lowest BCUT2D eigenvalue weighted by atomic mass is 9.88. The minimum absolute atomic E-state index is 0.121. The molecule has 0 aliphatic rings. The van der Waals surface area contributed by atoms with Crippen LogP contribution >= 0.6 is 47.0 Å². The molecule has 30 heavy (non-hydrogen) atoms. The molecule has 8 nitrogen and oxygen atoms in total. The van der Waals surface area contributed by atoms with E-state index in [9.17, 15) is 29.4 Å². The van der Waals surface area contributed by atoms with Crippen LogP contribution in [0.2, 0.25) is 0 Å². The summed E-state index contributed by atoms with van der Waals surface area (Å²) >= 11 is 6.18. The molecule has 0 bridgehead atoms. The van der Waals surface area contributed by atoms with Gasteiger partial charge in [0, 0.05) is 34.5 Å². The van der Waals surface area contributed by atoms with E-state index < -0.39 is 35.7 Å². The van der Waals surface area contributed by atoms with Gasteiger partial charge in [-0.1, -0.05) is 0 Å². The summed E-state index contributed by atoms with van der Waals surface area (Å²) in [7, 11) is 0. The average molecular weight is 503 g/mol. The largest absolute Gasteiger partial charge is 0.481 e. The predicted molar refractivity (Wildman–Crippen MR) is 125 cm³/mol. The normalized spacial score (nSPS) is 12.9. The Balaban J connectivity index is 4.10. The molecule has 12 heteroatoms. The monoisotopic (exact) mass is 502 g/mol. The van der Waals surface area contributed by atoms with Gasteiger partial charge in [0.2, 0.25) is 0 Å². The molecule has 0 aliphatic heterocycles. The minimum atomic E-state index is -1.09. The van der Waals surface area contributed by atoms with Crippen LogP contribution < -0.4 is 0 Å². The molecule has 0 spiro atoms. The fraction of sp³-hybridized carbons (Fsp3) is 0.778. The average Bonchev–Trinajstić information content (AvgIpc) is 2.65. The highest BCUT2D eigenvalue weighted by Crippen LogP contribution is 2.25. The number of rotatable bonds is 21. The Hall–Kier alpha value is -0.720. The molecular weight excluding hydrogens is 472 g/mol. The summed E-state index contributed by atoms with van der Waals surface area (Å²) in [5.74, 6) is -0.410. The zero-order valence-corrected chi connectivity index (χ0v) is 20.0. The van der Waals surface area contributed by atoms with Crippen molar-refractivity contribution in [3.8, 4) is 0 Å². The predicted octanol–water partition coefficient (Wildman–Crippen LogP) is 3.05. The summed E-state index contributed by atoms with van der Waals surface area (Å²) in [6.07, 6.45) is 0.810. The van der Waals surface area contributed by atoms with Crippen LogP contribution in [-0.2, 0) is 19.2 Å². The topological polar surface area (TPSA) is 149 Å². The molecule has 0 heterocycles. The van der Waals surface area contributed by atoms with E-state index in [1.165, 1.54) is 23.5 Å². The molecule has 0 aliphatic carbocycles. The van der Waals surface area contributed by atoms with Crippen molar-refractivity contribution in [2.45, 2.75) is 25.7 Å². The number of hydrogen-bond donors (Lipinski definition) is 4. The summed E-state index contributed by atoms with van der Waals surface area (Å²) in [4.78, 5) is 44.0. The lowest BCUT2D eigenvalue weighted by Gasteiger charge is -2.20. The molecule has 4 N–H and O–H groups in total. The molecule has 0 radical (unpaired) electrons. The van der Waals surface area contributed by atoms with Crippen LogP contribution in [-0.4, -0.2) is 90.3 Å². The third-order valence-corrected chi connectivity index (χ3v) is 8.45. The summed E-state index contributed by atoms with van der Waals surface area (Å²) in [5, 5.41) is 36.1. The first-order valence-corrected chi connectivity index (χ1v) is 14.1. The fourth-order valence-electron chi connectivity index (χ4n) is 2.38. The fourth-order valence-corrected chi connectivity index (χ4v) is 6.56. The van der Waals surface area contributed by atoms with Crippen LogP contribution in [0.1, 0.15) is 25.7 Å². The maximum absolute atomic E-state index is 11.6. The summed E-state index contributed by atoms with van der Waals surface area (Å²) in [5.41, 5.74) is 0. The SMILES string of the molecule is O=C(O)CCSCCSCCC(C(=O)O)C(CCSCCSCCC(=O)O)C(=O)O. The second-order valence-corrected chi connectivity index (χ2v) is 11.1. The van der Waals surface area contributed by atoms with Crippen molar-refractivity contribution in [2.75, 3.05) is 46.0 Å². The molecule has 2 unspecified atom stereocenters. The first-order valence-electron chi connectivity index (χ1n) is 9.45.